The highest BCUT2D eigenvalue weighted by molar-refractivity contribution is 5.85. The van der Waals surface area contributed by atoms with Gasteiger partial charge < -0.3 is 11.1 Å². The first-order valence-electron chi connectivity index (χ1n) is 6.23. The Kier molecular flexibility index (Phi) is 4.10. The van der Waals surface area contributed by atoms with Crippen LogP contribution in [-0.2, 0) is 0 Å². The zero-order valence-electron chi connectivity index (χ0n) is 11.5. The van der Waals surface area contributed by atoms with Gasteiger partial charge in [-0.1, -0.05) is 11.6 Å². The maximum atomic E-state index is 6.98. The Morgan fingerprint density at radius 3 is 2.70 bits per heavy atom. The van der Waals surface area contributed by atoms with E-state index in [0.29, 0.717) is 11.3 Å². The number of nitrogens with one attached hydrogen (secondary N) is 2. The minimum Gasteiger partial charge on any atom is -0.398 e. The van der Waals surface area contributed by atoms with Gasteiger partial charge in [0.05, 0.1) is 11.7 Å². The molecule has 1 aromatic carbocycles. The molecule has 0 aliphatic rings. The minimum atomic E-state index is 0.613. The lowest BCUT2D eigenvalue weighted by molar-refractivity contribution is 1.12. The van der Waals surface area contributed by atoms with Crippen molar-refractivity contribution in [3.05, 3.63) is 53.5 Å². The zero-order chi connectivity index (χ0) is 14.5. The summed E-state index contributed by atoms with van der Waals surface area (Å²) in [5, 5.41) is 15.0. The number of rotatable bonds is 1. The van der Waals surface area contributed by atoms with Crippen LogP contribution in [0, 0.1) is 19.3 Å². The van der Waals surface area contributed by atoms with Crippen LogP contribution in [0.2, 0.25) is 0 Å². The maximum Gasteiger partial charge on any atom is 0.0650 e. The number of nitrogens with two attached hydrogens (primary N) is 1. The number of nitrogens with zero attached hydrogens (tertiary/aromatic N) is 2. The van der Waals surface area contributed by atoms with Crippen LogP contribution >= 0.6 is 0 Å². The van der Waals surface area contributed by atoms with Gasteiger partial charge in [0.2, 0.25) is 0 Å². The number of hydrogen-bond donors (Lipinski definition) is 3. The van der Waals surface area contributed by atoms with Crippen molar-refractivity contribution in [2.45, 2.75) is 13.8 Å². The first-order valence-corrected chi connectivity index (χ1v) is 6.23. The van der Waals surface area contributed by atoms with E-state index in [1.54, 1.807) is 12.3 Å². The predicted octanol–water partition coefficient (Wildman–Crippen LogP) is 2.84. The van der Waals surface area contributed by atoms with E-state index in [9.17, 15) is 0 Å². The Balaban J connectivity index is 0.000000147. The summed E-state index contributed by atoms with van der Waals surface area (Å²) in [6, 6.07) is 7.91. The fourth-order valence-electron chi connectivity index (χ4n) is 1.85. The van der Waals surface area contributed by atoms with Crippen LogP contribution in [-0.4, -0.2) is 21.4 Å². The molecule has 5 nitrogen and oxygen atoms in total. The molecule has 5 heteroatoms. The molecule has 0 fully saturated rings. The molecule has 4 N–H and O–H groups in total. The second-order valence-electron chi connectivity index (χ2n) is 4.50. The molecular formula is C15H17N5. The third-order valence-electron chi connectivity index (χ3n) is 2.96. The van der Waals surface area contributed by atoms with E-state index in [2.05, 4.69) is 34.2 Å². The smallest absolute Gasteiger partial charge is 0.0650 e. The largest absolute Gasteiger partial charge is 0.398 e. The number of anilines is 1. The van der Waals surface area contributed by atoms with Gasteiger partial charge in [-0.25, -0.2) is 0 Å². The highest BCUT2D eigenvalue weighted by Crippen LogP contribution is 2.11. The summed E-state index contributed by atoms with van der Waals surface area (Å²) in [7, 11) is 0. The fraction of sp³-hybridized carbons (Fsp3) is 0.133. The average molecular weight is 267 g/mol. The van der Waals surface area contributed by atoms with Gasteiger partial charge in [0.25, 0.3) is 0 Å². The number of nitrogen functional groups attached to an aromatic ring is 1. The predicted molar refractivity (Wildman–Crippen MR) is 82.1 cm³/mol. The first kappa shape index (κ1) is 13.7. The molecule has 0 bridgehead atoms. The third kappa shape index (κ3) is 3.00. The highest BCUT2D eigenvalue weighted by Gasteiger charge is 1.97. The van der Waals surface area contributed by atoms with Crippen LogP contribution in [0.1, 0.15) is 16.8 Å². The quantitative estimate of drug-likeness (QED) is 0.592. The van der Waals surface area contributed by atoms with Crippen molar-refractivity contribution in [2.24, 2.45) is 0 Å². The molecule has 0 saturated heterocycles. The van der Waals surface area contributed by atoms with E-state index in [0.717, 1.165) is 11.2 Å². The van der Waals surface area contributed by atoms with Crippen LogP contribution in [0.5, 0.6) is 0 Å². The second-order valence-corrected chi connectivity index (χ2v) is 4.50. The van der Waals surface area contributed by atoms with Crippen molar-refractivity contribution < 1.29 is 0 Å². The Bertz CT molecular complexity index is 710. The second kappa shape index (κ2) is 5.97. The number of aromatic amines is 1. The molecule has 3 rings (SSSR count). The van der Waals surface area contributed by atoms with Gasteiger partial charge in [-0.3, -0.25) is 10.1 Å². The molecule has 0 aliphatic carbocycles. The van der Waals surface area contributed by atoms with Gasteiger partial charge in [-0.15, -0.1) is 0 Å². The number of pyridine rings is 1. The van der Waals surface area contributed by atoms with Gasteiger partial charge in [-0.2, -0.15) is 5.10 Å². The van der Waals surface area contributed by atoms with E-state index in [1.807, 2.05) is 19.2 Å². The van der Waals surface area contributed by atoms with E-state index >= 15 is 0 Å². The summed E-state index contributed by atoms with van der Waals surface area (Å²) in [6.07, 6.45) is 4.69. The molecule has 0 unspecified atom stereocenters. The number of fused-ring (bicyclic) bond motifs is 1. The van der Waals surface area contributed by atoms with Crippen LogP contribution in [0.3, 0.4) is 0 Å². The standard InChI is InChI=1S/C8H8N2.C7H9N3/c1-6-2-3-8-7(4-6)5-9-10-8;1-5-6(4-8)7(9)2-3-10-5/h2-5H,1H3,(H,9,10);2-4,8H,1H3,(H2,9,10). The molecule has 0 radical (unpaired) electrons. The maximum absolute atomic E-state index is 6.98. The van der Waals surface area contributed by atoms with Gasteiger partial charge in [0, 0.05) is 34.7 Å². The molecule has 0 atom stereocenters. The molecule has 102 valence electrons. The molecule has 20 heavy (non-hydrogen) atoms. The summed E-state index contributed by atoms with van der Waals surface area (Å²) in [5.41, 5.74) is 10.0. The van der Waals surface area contributed by atoms with Crippen molar-refractivity contribution in [3.63, 3.8) is 0 Å². The lowest BCUT2D eigenvalue weighted by Gasteiger charge is -2.00. The monoisotopic (exact) mass is 267 g/mol. The Morgan fingerprint density at radius 1 is 1.25 bits per heavy atom. The van der Waals surface area contributed by atoms with Gasteiger partial charge in [-0.05, 0) is 32.0 Å². The molecule has 0 saturated carbocycles. The third-order valence-corrected chi connectivity index (χ3v) is 2.96. The van der Waals surface area contributed by atoms with E-state index in [1.165, 1.54) is 17.2 Å². The Labute approximate surface area is 117 Å². The van der Waals surface area contributed by atoms with Crippen LogP contribution < -0.4 is 5.73 Å². The average Bonchev–Trinajstić information content (AvgIpc) is 2.87. The van der Waals surface area contributed by atoms with E-state index in [4.69, 9.17) is 11.1 Å². The highest BCUT2D eigenvalue weighted by atomic mass is 15.1. The van der Waals surface area contributed by atoms with Gasteiger partial charge >= 0.3 is 0 Å². The molecule has 0 spiro atoms. The molecule has 2 heterocycles. The van der Waals surface area contributed by atoms with Crippen molar-refractivity contribution in [3.8, 4) is 0 Å². The van der Waals surface area contributed by atoms with Crippen LogP contribution in [0.4, 0.5) is 5.69 Å². The summed E-state index contributed by atoms with van der Waals surface area (Å²) in [6.45, 7) is 3.91. The molecule has 3 aromatic rings. The Hall–Kier alpha value is -2.69. The summed E-state index contributed by atoms with van der Waals surface area (Å²) in [4.78, 5) is 3.98. The van der Waals surface area contributed by atoms with Crippen molar-refractivity contribution in [1.29, 1.82) is 5.41 Å². The lowest BCUT2D eigenvalue weighted by Crippen LogP contribution is -1.97. The summed E-state index contributed by atoms with van der Waals surface area (Å²) < 4.78 is 0. The van der Waals surface area contributed by atoms with Gasteiger partial charge in [0.15, 0.2) is 0 Å². The molecular weight excluding hydrogens is 250 g/mol. The van der Waals surface area contributed by atoms with Gasteiger partial charge in [0.1, 0.15) is 0 Å². The first-order chi connectivity index (χ1) is 9.61. The minimum absolute atomic E-state index is 0.613. The van der Waals surface area contributed by atoms with Crippen LogP contribution in [0.15, 0.2) is 36.7 Å². The van der Waals surface area contributed by atoms with Crippen molar-refractivity contribution in [1.82, 2.24) is 15.2 Å². The SMILES string of the molecule is Cc1ccc2[nH]ncc2c1.Cc1nccc(N)c1C=N. The normalized spacial score (nSPS) is 9.90. The lowest BCUT2D eigenvalue weighted by atomic mass is 10.2. The number of benzene rings is 1. The topological polar surface area (TPSA) is 91.4 Å². The zero-order valence-corrected chi connectivity index (χ0v) is 11.5. The Morgan fingerprint density at radius 2 is 2.05 bits per heavy atom. The molecule has 0 amide bonds. The fourth-order valence-corrected chi connectivity index (χ4v) is 1.85. The molecule has 0 aliphatic heterocycles. The summed E-state index contributed by atoms with van der Waals surface area (Å²) in [5.74, 6) is 0. The van der Waals surface area contributed by atoms with Crippen LogP contribution in [0.25, 0.3) is 10.9 Å². The number of hydrogen-bond acceptors (Lipinski definition) is 4. The van der Waals surface area contributed by atoms with Crippen molar-refractivity contribution >= 4 is 22.8 Å². The number of aromatic nitrogens is 3. The van der Waals surface area contributed by atoms with E-state index in [-0.39, 0.29) is 0 Å². The molecule has 2 aromatic heterocycles. The van der Waals surface area contributed by atoms with E-state index < -0.39 is 0 Å². The summed E-state index contributed by atoms with van der Waals surface area (Å²) >= 11 is 0. The van der Waals surface area contributed by atoms with Crippen molar-refractivity contribution in [2.75, 3.05) is 5.73 Å². The number of H-pyrrole nitrogens is 1. The number of aryl methyl sites for hydroxylation is 2.